The zero-order valence-electron chi connectivity index (χ0n) is 8.19. The molecule has 0 aromatic rings. The first-order valence-corrected chi connectivity index (χ1v) is 5.90. The molecule has 1 unspecified atom stereocenters. The molecule has 72 valence electrons. The molecule has 0 amide bonds. The summed E-state index contributed by atoms with van der Waals surface area (Å²) in [5.41, 5.74) is 0. The molecule has 1 rings (SSSR count). The molecule has 0 heterocycles. The Morgan fingerprint density at radius 1 is 1.25 bits per heavy atom. The number of halogens is 1. The summed E-state index contributed by atoms with van der Waals surface area (Å²) >= 11 is 6.08. The van der Waals surface area contributed by atoms with E-state index in [9.17, 15) is 0 Å². The van der Waals surface area contributed by atoms with Crippen molar-refractivity contribution in [3.63, 3.8) is 0 Å². The molecule has 1 saturated carbocycles. The lowest BCUT2D eigenvalue weighted by Crippen LogP contribution is -2.08. The lowest BCUT2D eigenvalue weighted by molar-refractivity contribution is 0.330. The van der Waals surface area contributed by atoms with E-state index in [0.29, 0.717) is 5.38 Å². The van der Waals surface area contributed by atoms with Crippen LogP contribution in [0.25, 0.3) is 0 Å². The Labute approximate surface area is 81.7 Å². The van der Waals surface area contributed by atoms with Crippen LogP contribution < -0.4 is 0 Å². The van der Waals surface area contributed by atoms with E-state index in [4.69, 9.17) is 11.6 Å². The second-order valence-corrected chi connectivity index (χ2v) is 4.70. The highest BCUT2D eigenvalue weighted by atomic mass is 35.5. The van der Waals surface area contributed by atoms with E-state index in [0.717, 1.165) is 12.3 Å². The third-order valence-electron chi connectivity index (χ3n) is 3.06. The second-order valence-electron chi connectivity index (χ2n) is 4.09. The zero-order valence-corrected chi connectivity index (χ0v) is 8.95. The topological polar surface area (TPSA) is 0 Å². The summed E-state index contributed by atoms with van der Waals surface area (Å²) in [5.74, 6) is 1.01. The maximum absolute atomic E-state index is 6.08. The van der Waals surface area contributed by atoms with Crippen LogP contribution in [-0.2, 0) is 0 Å². The first kappa shape index (κ1) is 10.4. The van der Waals surface area contributed by atoms with Crippen molar-refractivity contribution >= 4 is 11.6 Å². The smallest absolute Gasteiger partial charge is 0.0333 e. The summed E-state index contributed by atoms with van der Waals surface area (Å²) in [6.07, 6.45) is 11.1. The van der Waals surface area contributed by atoms with Crippen molar-refractivity contribution in [1.82, 2.24) is 0 Å². The van der Waals surface area contributed by atoms with Gasteiger partial charge < -0.3 is 0 Å². The van der Waals surface area contributed by atoms with E-state index in [2.05, 4.69) is 6.92 Å². The normalized spacial score (nSPS) is 22.5. The van der Waals surface area contributed by atoms with Gasteiger partial charge in [-0.1, -0.05) is 39.0 Å². The van der Waals surface area contributed by atoms with Gasteiger partial charge in [0.05, 0.1) is 0 Å². The van der Waals surface area contributed by atoms with E-state index in [1.807, 2.05) is 0 Å². The molecule has 1 aliphatic carbocycles. The minimum absolute atomic E-state index is 0.437. The Balaban J connectivity index is 2.05. The second kappa shape index (κ2) is 5.85. The predicted molar refractivity (Wildman–Crippen MR) is 55.7 cm³/mol. The molecule has 0 aliphatic heterocycles. The molecule has 0 N–H and O–H groups in total. The highest BCUT2D eigenvalue weighted by Gasteiger charge is 2.14. The van der Waals surface area contributed by atoms with Crippen LogP contribution in [0.1, 0.15) is 58.3 Å². The molecule has 1 fully saturated rings. The third-order valence-corrected chi connectivity index (χ3v) is 3.58. The molecule has 0 aromatic heterocycles. The summed E-state index contributed by atoms with van der Waals surface area (Å²) in [7, 11) is 0. The minimum Gasteiger partial charge on any atom is -0.123 e. The van der Waals surface area contributed by atoms with Gasteiger partial charge in [-0.15, -0.1) is 11.6 Å². The largest absolute Gasteiger partial charge is 0.123 e. The van der Waals surface area contributed by atoms with Crippen LogP contribution >= 0.6 is 11.6 Å². The van der Waals surface area contributed by atoms with Gasteiger partial charge >= 0.3 is 0 Å². The molecule has 1 aliphatic rings. The molecule has 0 saturated heterocycles. The summed E-state index contributed by atoms with van der Waals surface area (Å²) in [6, 6.07) is 0. The molecule has 12 heavy (non-hydrogen) atoms. The molecule has 1 atom stereocenters. The van der Waals surface area contributed by atoms with Gasteiger partial charge in [-0.3, -0.25) is 0 Å². The fourth-order valence-electron chi connectivity index (χ4n) is 2.10. The van der Waals surface area contributed by atoms with Crippen molar-refractivity contribution in [3.05, 3.63) is 0 Å². The molecular weight excluding hydrogens is 168 g/mol. The number of rotatable bonds is 4. The van der Waals surface area contributed by atoms with E-state index in [-0.39, 0.29) is 0 Å². The fourth-order valence-corrected chi connectivity index (χ4v) is 2.22. The summed E-state index contributed by atoms with van der Waals surface area (Å²) in [4.78, 5) is 0. The first-order chi connectivity index (χ1) is 5.83. The van der Waals surface area contributed by atoms with Crippen LogP contribution in [0.15, 0.2) is 0 Å². The summed E-state index contributed by atoms with van der Waals surface area (Å²) < 4.78 is 0. The SMILES string of the molecule is CCC(Cl)CCC1CCCCC1. The Morgan fingerprint density at radius 3 is 2.50 bits per heavy atom. The van der Waals surface area contributed by atoms with Crippen molar-refractivity contribution < 1.29 is 0 Å². The number of hydrogen-bond acceptors (Lipinski definition) is 0. The molecular formula is C11H21Cl. The minimum atomic E-state index is 0.437. The average molecular weight is 189 g/mol. The van der Waals surface area contributed by atoms with Crippen molar-refractivity contribution in [3.8, 4) is 0 Å². The van der Waals surface area contributed by atoms with E-state index < -0.39 is 0 Å². The van der Waals surface area contributed by atoms with E-state index in [1.165, 1.54) is 44.9 Å². The summed E-state index contributed by atoms with van der Waals surface area (Å²) in [6.45, 7) is 2.18. The zero-order chi connectivity index (χ0) is 8.81. The highest BCUT2D eigenvalue weighted by molar-refractivity contribution is 6.20. The van der Waals surface area contributed by atoms with Gasteiger partial charge in [-0.25, -0.2) is 0 Å². The van der Waals surface area contributed by atoms with Crippen LogP contribution in [0.4, 0.5) is 0 Å². The van der Waals surface area contributed by atoms with E-state index >= 15 is 0 Å². The van der Waals surface area contributed by atoms with Gasteiger partial charge in [-0.2, -0.15) is 0 Å². The monoisotopic (exact) mass is 188 g/mol. The lowest BCUT2D eigenvalue weighted by atomic mass is 9.85. The standard InChI is InChI=1S/C11H21Cl/c1-2-11(12)9-8-10-6-4-3-5-7-10/h10-11H,2-9H2,1H3. The predicted octanol–water partition coefficient (Wildman–Crippen LogP) is 4.36. The number of hydrogen-bond donors (Lipinski definition) is 0. The van der Waals surface area contributed by atoms with Crippen LogP contribution in [-0.4, -0.2) is 5.38 Å². The van der Waals surface area contributed by atoms with E-state index in [1.54, 1.807) is 0 Å². The molecule has 0 bridgehead atoms. The summed E-state index contributed by atoms with van der Waals surface area (Å²) in [5, 5.41) is 0.437. The van der Waals surface area contributed by atoms with Crippen molar-refractivity contribution in [2.24, 2.45) is 5.92 Å². The third kappa shape index (κ3) is 3.80. The number of alkyl halides is 1. The molecule has 0 spiro atoms. The van der Waals surface area contributed by atoms with Crippen LogP contribution in [0.5, 0.6) is 0 Å². The maximum Gasteiger partial charge on any atom is 0.0333 e. The molecule has 0 radical (unpaired) electrons. The Bertz CT molecular complexity index is 106. The average Bonchev–Trinajstić information content (AvgIpc) is 2.16. The van der Waals surface area contributed by atoms with Crippen LogP contribution in [0.3, 0.4) is 0 Å². The molecule has 0 nitrogen and oxygen atoms in total. The van der Waals surface area contributed by atoms with Gasteiger partial charge in [0.1, 0.15) is 0 Å². The fraction of sp³-hybridized carbons (Fsp3) is 1.00. The van der Waals surface area contributed by atoms with Gasteiger partial charge in [-0.05, 0) is 25.2 Å². The lowest BCUT2D eigenvalue weighted by Gasteiger charge is -2.22. The van der Waals surface area contributed by atoms with Crippen LogP contribution in [0, 0.1) is 5.92 Å². The van der Waals surface area contributed by atoms with Crippen LogP contribution in [0.2, 0.25) is 0 Å². The molecule has 0 aromatic carbocycles. The van der Waals surface area contributed by atoms with Gasteiger partial charge in [0.25, 0.3) is 0 Å². The van der Waals surface area contributed by atoms with Gasteiger partial charge in [0.2, 0.25) is 0 Å². The highest BCUT2D eigenvalue weighted by Crippen LogP contribution is 2.28. The van der Waals surface area contributed by atoms with Crippen molar-refractivity contribution in [2.45, 2.75) is 63.7 Å². The van der Waals surface area contributed by atoms with Crippen molar-refractivity contribution in [1.29, 1.82) is 0 Å². The Kier molecular flexibility index (Phi) is 5.06. The Hall–Kier alpha value is 0.290. The quantitative estimate of drug-likeness (QED) is 0.575. The first-order valence-electron chi connectivity index (χ1n) is 5.47. The Morgan fingerprint density at radius 2 is 1.92 bits per heavy atom. The molecule has 1 heteroatoms. The van der Waals surface area contributed by atoms with Gasteiger partial charge in [0, 0.05) is 5.38 Å². The maximum atomic E-state index is 6.08. The van der Waals surface area contributed by atoms with Crippen molar-refractivity contribution in [2.75, 3.05) is 0 Å². The van der Waals surface area contributed by atoms with Gasteiger partial charge in [0.15, 0.2) is 0 Å².